The van der Waals surface area contributed by atoms with Gasteiger partial charge in [-0.2, -0.15) is 11.8 Å². The van der Waals surface area contributed by atoms with E-state index < -0.39 is 0 Å². The monoisotopic (exact) mass is 265 g/mol. The van der Waals surface area contributed by atoms with Crippen molar-refractivity contribution in [1.29, 1.82) is 0 Å². The number of hydrogen-bond donors (Lipinski definition) is 2. The molecule has 1 saturated heterocycles. The highest BCUT2D eigenvalue weighted by Crippen LogP contribution is 2.19. The molecule has 98 valence electrons. The Kier molecular flexibility index (Phi) is 4.11. The third-order valence-electron chi connectivity index (χ3n) is 2.98. The van der Waals surface area contributed by atoms with E-state index in [4.69, 9.17) is 5.73 Å². The van der Waals surface area contributed by atoms with Crippen molar-refractivity contribution in [3.63, 3.8) is 0 Å². The van der Waals surface area contributed by atoms with E-state index in [-0.39, 0.29) is 11.8 Å². The first-order chi connectivity index (χ1) is 8.56. The number of nitrogen functional groups attached to an aromatic ring is 1. The lowest BCUT2D eigenvalue weighted by Gasteiger charge is -2.13. The fourth-order valence-corrected chi connectivity index (χ4v) is 3.07. The minimum atomic E-state index is -0.0431. The van der Waals surface area contributed by atoms with Crippen LogP contribution in [-0.4, -0.2) is 28.4 Å². The Morgan fingerprint density at radius 2 is 2.33 bits per heavy atom. The molecule has 4 nitrogen and oxygen atoms in total. The maximum Gasteiger partial charge on any atom is 0.251 e. The first-order valence-corrected chi connectivity index (χ1v) is 7.38. The lowest BCUT2D eigenvalue weighted by Crippen LogP contribution is -2.34. The van der Waals surface area contributed by atoms with Gasteiger partial charge >= 0.3 is 0 Å². The highest BCUT2D eigenvalue weighted by atomic mass is 32.2. The first-order valence-electron chi connectivity index (χ1n) is 6.22. The summed E-state index contributed by atoms with van der Waals surface area (Å²) in [6.07, 6.45) is 1.05. The zero-order chi connectivity index (χ0) is 13.1. The largest absolute Gasteiger partial charge is 0.384 e. The molecule has 0 bridgehead atoms. The van der Waals surface area contributed by atoms with Gasteiger partial charge in [0.1, 0.15) is 5.82 Å². The molecule has 1 aliphatic rings. The van der Waals surface area contributed by atoms with E-state index in [9.17, 15) is 4.79 Å². The van der Waals surface area contributed by atoms with Crippen LogP contribution in [0.3, 0.4) is 0 Å². The zero-order valence-electron chi connectivity index (χ0n) is 10.8. The second-order valence-corrected chi connectivity index (χ2v) is 6.04. The van der Waals surface area contributed by atoms with Crippen LogP contribution in [0.15, 0.2) is 12.1 Å². The predicted molar refractivity (Wildman–Crippen MR) is 75.9 cm³/mol. The van der Waals surface area contributed by atoms with Crippen LogP contribution in [0.2, 0.25) is 0 Å². The number of carbonyl (C=O) groups excluding carboxylic acids is 1. The lowest BCUT2D eigenvalue weighted by atomic mass is 10.1. The summed E-state index contributed by atoms with van der Waals surface area (Å²) < 4.78 is 0. The average Bonchev–Trinajstić information content (AvgIpc) is 2.80. The van der Waals surface area contributed by atoms with Crippen LogP contribution >= 0.6 is 11.8 Å². The molecule has 1 unspecified atom stereocenters. The molecule has 0 aromatic carbocycles. The van der Waals surface area contributed by atoms with Gasteiger partial charge in [-0.15, -0.1) is 0 Å². The Labute approximate surface area is 112 Å². The van der Waals surface area contributed by atoms with E-state index in [1.165, 1.54) is 0 Å². The Balaban J connectivity index is 2.13. The van der Waals surface area contributed by atoms with Crippen molar-refractivity contribution >= 4 is 23.5 Å². The number of hydrogen-bond acceptors (Lipinski definition) is 4. The number of amides is 1. The third-order valence-corrected chi connectivity index (χ3v) is 4.15. The van der Waals surface area contributed by atoms with Crippen LogP contribution in [0.25, 0.3) is 0 Å². The smallest absolute Gasteiger partial charge is 0.251 e. The molecule has 0 saturated carbocycles. The second kappa shape index (κ2) is 5.61. The van der Waals surface area contributed by atoms with E-state index in [1.807, 2.05) is 31.7 Å². The fourth-order valence-electron chi connectivity index (χ4n) is 1.92. The van der Waals surface area contributed by atoms with Gasteiger partial charge in [0, 0.05) is 23.1 Å². The molecule has 1 aliphatic heterocycles. The molecule has 2 heterocycles. The molecular formula is C13H19N3OS. The molecule has 18 heavy (non-hydrogen) atoms. The van der Waals surface area contributed by atoms with E-state index in [2.05, 4.69) is 10.3 Å². The van der Waals surface area contributed by atoms with Gasteiger partial charge in [0.25, 0.3) is 5.91 Å². The number of pyridine rings is 1. The van der Waals surface area contributed by atoms with Crippen molar-refractivity contribution in [1.82, 2.24) is 10.3 Å². The van der Waals surface area contributed by atoms with Gasteiger partial charge in [0.2, 0.25) is 0 Å². The first kappa shape index (κ1) is 13.2. The Bertz CT molecular complexity index is 442. The molecule has 1 fully saturated rings. The van der Waals surface area contributed by atoms with Crippen LogP contribution in [-0.2, 0) is 0 Å². The maximum atomic E-state index is 12.1. The minimum absolute atomic E-state index is 0.0431. The molecule has 5 heteroatoms. The van der Waals surface area contributed by atoms with Crippen molar-refractivity contribution < 1.29 is 4.79 Å². The molecule has 3 N–H and O–H groups in total. The van der Waals surface area contributed by atoms with Gasteiger partial charge in [-0.3, -0.25) is 4.79 Å². The normalized spacial score (nSPS) is 19.2. The van der Waals surface area contributed by atoms with Crippen molar-refractivity contribution in [2.24, 2.45) is 0 Å². The summed E-state index contributed by atoms with van der Waals surface area (Å²) >= 11 is 1.88. The van der Waals surface area contributed by atoms with Crippen molar-refractivity contribution in [3.05, 3.63) is 23.4 Å². The van der Waals surface area contributed by atoms with Crippen molar-refractivity contribution in [2.75, 3.05) is 17.2 Å². The van der Waals surface area contributed by atoms with Gasteiger partial charge in [0.15, 0.2) is 0 Å². The number of thioether (sulfide) groups is 1. The van der Waals surface area contributed by atoms with Gasteiger partial charge in [-0.25, -0.2) is 4.98 Å². The highest BCUT2D eigenvalue weighted by molar-refractivity contribution is 7.99. The standard InChI is InChI=1S/C13H19N3OS/c1-8(2)11-5-9(6-12(14)16-11)13(17)15-10-3-4-18-7-10/h5-6,8,10H,3-4,7H2,1-2H3,(H2,14,16)(H,15,17). The SMILES string of the molecule is CC(C)c1cc(C(=O)NC2CCSC2)cc(N)n1. The van der Waals surface area contributed by atoms with Gasteiger partial charge in [0.05, 0.1) is 0 Å². The van der Waals surface area contributed by atoms with E-state index in [1.54, 1.807) is 6.07 Å². The summed E-state index contributed by atoms with van der Waals surface area (Å²) in [5.74, 6) is 2.76. The van der Waals surface area contributed by atoms with Gasteiger partial charge in [-0.05, 0) is 30.2 Å². The summed E-state index contributed by atoms with van der Waals surface area (Å²) in [7, 11) is 0. The summed E-state index contributed by atoms with van der Waals surface area (Å²) in [4.78, 5) is 16.4. The van der Waals surface area contributed by atoms with Crippen LogP contribution in [0.1, 0.15) is 42.2 Å². The summed E-state index contributed by atoms with van der Waals surface area (Å²) in [5.41, 5.74) is 7.22. The fraction of sp³-hybridized carbons (Fsp3) is 0.538. The highest BCUT2D eigenvalue weighted by Gasteiger charge is 2.19. The number of nitrogens with two attached hydrogens (primary N) is 1. The quantitative estimate of drug-likeness (QED) is 0.877. The summed E-state index contributed by atoms with van der Waals surface area (Å²) in [6, 6.07) is 3.77. The zero-order valence-corrected chi connectivity index (χ0v) is 11.6. The van der Waals surface area contributed by atoms with E-state index in [0.29, 0.717) is 17.4 Å². The van der Waals surface area contributed by atoms with Gasteiger partial charge in [-0.1, -0.05) is 13.8 Å². The number of nitrogens with zero attached hydrogens (tertiary/aromatic N) is 1. The van der Waals surface area contributed by atoms with Crippen molar-refractivity contribution in [3.8, 4) is 0 Å². The minimum Gasteiger partial charge on any atom is -0.384 e. The third kappa shape index (κ3) is 3.16. The van der Waals surface area contributed by atoms with Crippen LogP contribution in [0, 0.1) is 0 Å². The number of anilines is 1. The van der Waals surface area contributed by atoms with E-state index in [0.717, 1.165) is 23.6 Å². The summed E-state index contributed by atoms with van der Waals surface area (Å²) in [5, 5.41) is 3.05. The molecule has 2 rings (SSSR count). The van der Waals surface area contributed by atoms with E-state index >= 15 is 0 Å². The molecule has 0 spiro atoms. The average molecular weight is 265 g/mol. The lowest BCUT2D eigenvalue weighted by molar-refractivity contribution is 0.0941. The topological polar surface area (TPSA) is 68.0 Å². The number of aromatic nitrogens is 1. The summed E-state index contributed by atoms with van der Waals surface area (Å²) in [6.45, 7) is 4.08. The van der Waals surface area contributed by atoms with Crippen LogP contribution < -0.4 is 11.1 Å². The Morgan fingerprint density at radius 1 is 1.56 bits per heavy atom. The predicted octanol–water partition coefficient (Wildman–Crippen LogP) is 2.02. The molecule has 1 amide bonds. The van der Waals surface area contributed by atoms with Crippen molar-refractivity contribution in [2.45, 2.75) is 32.2 Å². The molecule has 1 aromatic rings. The van der Waals surface area contributed by atoms with Crippen LogP contribution in [0.5, 0.6) is 0 Å². The molecular weight excluding hydrogens is 246 g/mol. The molecule has 0 aliphatic carbocycles. The number of rotatable bonds is 3. The molecule has 0 radical (unpaired) electrons. The van der Waals surface area contributed by atoms with Gasteiger partial charge < -0.3 is 11.1 Å². The number of carbonyl (C=O) groups is 1. The molecule has 1 aromatic heterocycles. The number of nitrogens with one attached hydrogen (secondary N) is 1. The Hall–Kier alpha value is -1.23. The Morgan fingerprint density at radius 3 is 2.94 bits per heavy atom. The second-order valence-electron chi connectivity index (χ2n) is 4.89. The molecule has 1 atom stereocenters. The van der Waals surface area contributed by atoms with Crippen LogP contribution in [0.4, 0.5) is 5.82 Å². The maximum absolute atomic E-state index is 12.1.